The molecular formula is C15H10ClF2IO9S2. The molecule has 2 aromatic carbocycles. The van der Waals surface area contributed by atoms with E-state index in [0.717, 1.165) is 18.2 Å². The predicted octanol–water partition coefficient (Wildman–Crippen LogP) is 4.10. The van der Waals surface area contributed by atoms with Crippen molar-refractivity contribution in [2.24, 2.45) is 0 Å². The Morgan fingerprint density at radius 1 is 1.00 bits per heavy atom. The molecule has 9 nitrogen and oxygen atoms in total. The number of hydrogen-bond acceptors (Lipinski definition) is 8. The minimum absolute atomic E-state index is 0.120. The van der Waals surface area contributed by atoms with E-state index in [1.165, 1.54) is 18.2 Å². The van der Waals surface area contributed by atoms with Gasteiger partial charge < -0.3 is 10.2 Å². The van der Waals surface area contributed by atoms with Crippen LogP contribution in [0.15, 0.2) is 47.4 Å². The van der Waals surface area contributed by atoms with Crippen molar-refractivity contribution in [1.29, 1.82) is 0 Å². The number of halogens is 4. The fourth-order valence-electron chi connectivity index (χ4n) is 1.48. The maximum atomic E-state index is 12.8. The van der Waals surface area contributed by atoms with Gasteiger partial charge in [-0.3, -0.25) is 4.89 Å². The van der Waals surface area contributed by atoms with Crippen molar-refractivity contribution < 1.29 is 52.2 Å². The van der Waals surface area contributed by atoms with Crippen LogP contribution in [0, 0.1) is 11.6 Å². The second-order valence-corrected chi connectivity index (χ2v) is 9.21. The second kappa shape index (κ2) is 13.3. The molecule has 0 fully saturated rings. The van der Waals surface area contributed by atoms with Crippen molar-refractivity contribution in [2.45, 2.75) is 4.90 Å². The van der Waals surface area contributed by atoms with E-state index in [4.69, 9.17) is 26.2 Å². The molecule has 0 aliphatic rings. The van der Waals surface area contributed by atoms with Gasteiger partial charge in [-0.1, -0.05) is 12.1 Å². The molecule has 0 unspecified atom stereocenters. The maximum Gasteiger partial charge on any atom is 0.338 e. The van der Waals surface area contributed by atoms with E-state index in [2.05, 4.69) is 22.1 Å². The zero-order valence-corrected chi connectivity index (χ0v) is 18.7. The third-order valence-corrected chi connectivity index (χ3v) is 4.26. The van der Waals surface area contributed by atoms with Crippen molar-refractivity contribution in [3.8, 4) is 0 Å². The van der Waals surface area contributed by atoms with Gasteiger partial charge in [-0.15, -0.1) is 0 Å². The van der Waals surface area contributed by atoms with Crippen LogP contribution < -0.4 is 0 Å². The van der Waals surface area contributed by atoms with Crippen LogP contribution in [0.2, 0.25) is 0 Å². The first-order chi connectivity index (χ1) is 13.8. The van der Waals surface area contributed by atoms with Gasteiger partial charge in [0, 0.05) is 33.3 Å². The van der Waals surface area contributed by atoms with Crippen molar-refractivity contribution >= 4 is 69.5 Å². The highest BCUT2D eigenvalue weighted by atomic mass is 127. The van der Waals surface area contributed by atoms with E-state index >= 15 is 0 Å². The highest BCUT2D eigenvalue weighted by molar-refractivity contribution is 14.1. The Bertz CT molecular complexity index is 1020. The van der Waals surface area contributed by atoms with Crippen LogP contribution in [0.5, 0.6) is 0 Å². The van der Waals surface area contributed by atoms with E-state index in [-0.39, 0.29) is 8.62 Å². The summed E-state index contributed by atoms with van der Waals surface area (Å²) in [5.74, 6) is -4.50. The van der Waals surface area contributed by atoms with Crippen LogP contribution in [0.3, 0.4) is 0 Å². The number of carbonyl (C=O) groups is 2. The van der Waals surface area contributed by atoms with Crippen LogP contribution in [-0.4, -0.2) is 38.9 Å². The molecule has 0 aromatic heterocycles. The summed E-state index contributed by atoms with van der Waals surface area (Å²) in [5.41, 5.74) is -1.02. The highest BCUT2D eigenvalue weighted by Crippen LogP contribution is 2.18. The summed E-state index contributed by atoms with van der Waals surface area (Å²) in [4.78, 5) is 24.0. The van der Waals surface area contributed by atoms with Gasteiger partial charge in [0.15, 0.2) is 0 Å². The molecule has 0 saturated heterocycles. The number of benzene rings is 2. The molecule has 0 radical (unpaired) electrons. The largest absolute Gasteiger partial charge is 0.478 e. The van der Waals surface area contributed by atoms with E-state index in [9.17, 15) is 26.8 Å². The summed E-state index contributed by atoms with van der Waals surface area (Å²) >= 11 is 5.94. The van der Waals surface area contributed by atoms with Gasteiger partial charge in [0.1, 0.15) is 11.6 Å². The Hall–Kier alpha value is -1.98. The molecule has 15 heteroatoms. The molecule has 0 aliphatic heterocycles. The molecule has 0 bridgehead atoms. The summed E-state index contributed by atoms with van der Waals surface area (Å²) in [6, 6.07) is 7.55. The first kappa shape index (κ1) is 28.0. The molecule has 0 atom stereocenters. The summed E-state index contributed by atoms with van der Waals surface area (Å²) in [6.07, 6.45) is 0. The summed E-state index contributed by atoms with van der Waals surface area (Å²) in [6.45, 7) is 0. The molecule has 2 aromatic rings. The zero-order chi connectivity index (χ0) is 23.5. The lowest BCUT2D eigenvalue weighted by Crippen LogP contribution is -2.02. The third kappa shape index (κ3) is 10.7. The van der Waals surface area contributed by atoms with Crippen LogP contribution in [0.4, 0.5) is 8.78 Å². The predicted molar refractivity (Wildman–Crippen MR) is 111 cm³/mol. The van der Waals surface area contributed by atoms with E-state index in [1.54, 1.807) is 22.6 Å². The van der Waals surface area contributed by atoms with Crippen molar-refractivity contribution in [3.63, 3.8) is 0 Å². The number of thiocarbonyl (C=S) groups is 1. The average molecular weight is 599 g/mol. The molecule has 0 aliphatic carbocycles. The van der Waals surface area contributed by atoms with E-state index in [0.29, 0.717) is 6.07 Å². The molecule has 3 N–H and O–H groups in total. The molecule has 0 amide bonds. The van der Waals surface area contributed by atoms with Crippen LogP contribution in [-0.2, 0) is 19.0 Å². The number of hydrogen-bond donors (Lipinski definition) is 3. The Kier molecular flexibility index (Phi) is 12.5. The Morgan fingerprint density at radius 3 is 1.83 bits per heavy atom. The highest BCUT2D eigenvalue weighted by Gasteiger charge is 2.16. The van der Waals surface area contributed by atoms with Crippen molar-refractivity contribution in [1.82, 2.24) is 0 Å². The smallest absolute Gasteiger partial charge is 0.338 e. The van der Waals surface area contributed by atoms with Gasteiger partial charge in [0.05, 0.1) is 16.0 Å². The monoisotopic (exact) mass is 598 g/mol. The summed E-state index contributed by atoms with van der Waals surface area (Å²) in [7, 11) is 0.911. The number of aromatic carboxylic acids is 2. The van der Waals surface area contributed by atoms with Gasteiger partial charge >= 0.3 is 11.9 Å². The van der Waals surface area contributed by atoms with Crippen molar-refractivity contribution in [2.75, 3.05) is 0 Å². The number of carboxylic acid groups (broad SMARTS) is 2. The minimum atomic E-state index is -4.03. The van der Waals surface area contributed by atoms with Gasteiger partial charge in [0.25, 0.3) is 12.1 Å². The number of rotatable bonds is 4. The second-order valence-electron chi connectivity index (χ2n) is 4.57. The fourth-order valence-corrected chi connectivity index (χ4v) is 2.37. The van der Waals surface area contributed by atoms with Gasteiger partial charge in [0.2, 0.25) is 0 Å². The third-order valence-electron chi connectivity index (χ3n) is 2.66. The SMILES string of the molecule is O=C(O)c1cc(S(=O)(=O)Cl)ccc1F.O=C(O)c1ccccc1F.OOOC(=S)I. The van der Waals surface area contributed by atoms with Gasteiger partial charge in [-0.25, -0.2) is 32.0 Å². The molecule has 164 valence electrons. The molecular weight excluding hydrogens is 589 g/mol. The van der Waals surface area contributed by atoms with Gasteiger partial charge in [-0.2, -0.15) is 0 Å². The lowest BCUT2D eigenvalue weighted by molar-refractivity contribution is -0.446. The Morgan fingerprint density at radius 2 is 1.50 bits per heavy atom. The van der Waals surface area contributed by atoms with Gasteiger partial charge in [-0.05, 0) is 47.6 Å². The normalized spacial score (nSPS) is 9.90. The standard InChI is InChI=1S/C7H4ClFO4S.C7H5FO2.CHIO3S/c8-14(12,13)4-1-2-6(9)5(3-4)7(10)11;8-6-4-2-1-3-5(6)7(9)10;2-1(6)4-5-3/h1-3H,(H,10,11);1-4H,(H,9,10);3H. The quantitative estimate of drug-likeness (QED) is 0.154. The Balaban J connectivity index is 0.000000459. The first-order valence-electron chi connectivity index (χ1n) is 6.94. The van der Waals surface area contributed by atoms with Crippen molar-refractivity contribution in [3.05, 3.63) is 65.2 Å². The first-order valence-corrected chi connectivity index (χ1v) is 10.7. The molecule has 0 heterocycles. The van der Waals surface area contributed by atoms with Crippen LogP contribution >= 0.6 is 45.5 Å². The fraction of sp³-hybridized carbons (Fsp3) is 0. The number of carboxylic acids is 2. The molecule has 0 spiro atoms. The lowest BCUT2D eigenvalue weighted by atomic mass is 10.2. The average Bonchev–Trinajstić information content (AvgIpc) is 2.62. The lowest BCUT2D eigenvalue weighted by Gasteiger charge is -1.99. The zero-order valence-electron chi connectivity index (χ0n) is 14.2. The maximum absolute atomic E-state index is 12.8. The minimum Gasteiger partial charge on any atom is -0.478 e. The van der Waals surface area contributed by atoms with Crippen LogP contribution in [0.25, 0.3) is 0 Å². The molecule has 30 heavy (non-hydrogen) atoms. The summed E-state index contributed by atoms with van der Waals surface area (Å²) in [5, 5.41) is 27.4. The summed E-state index contributed by atoms with van der Waals surface area (Å²) < 4.78 is 46.9. The molecule has 0 saturated carbocycles. The van der Waals surface area contributed by atoms with E-state index in [1.807, 2.05) is 0 Å². The molecule has 2 rings (SSSR count). The topological polar surface area (TPSA) is 147 Å². The van der Waals surface area contributed by atoms with Crippen LogP contribution in [0.1, 0.15) is 20.7 Å². The van der Waals surface area contributed by atoms with E-state index < -0.39 is 43.1 Å². The Labute approximate surface area is 191 Å².